The normalized spacial score (nSPS) is 17.6. The second kappa shape index (κ2) is 6.90. The van der Waals surface area contributed by atoms with Crippen molar-refractivity contribution in [1.82, 2.24) is 9.97 Å². The quantitative estimate of drug-likeness (QED) is 0.937. The number of carbonyl (C=O) groups is 1. The third-order valence-corrected chi connectivity index (χ3v) is 4.04. The third-order valence-electron chi connectivity index (χ3n) is 4.04. The molecule has 1 atom stereocenters. The van der Waals surface area contributed by atoms with Crippen molar-refractivity contribution in [3.63, 3.8) is 0 Å². The Morgan fingerprint density at radius 1 is 1.25 bits per heavy atom. The van der Waals surface area contributed by atoms with Crippen molar-refractivity contribution in [2.24, 2.45) is 5.92 Å². The molecule has 1 aliphatic heterocycles. The van der Waals surface area contributed by atoms with Gasteiger partial charge in [-0.2, -0.15) is 0 Å². The molecular formula is C17H18F2N4O. The molecule has 2 heterocycles. The van der Waals surface area contributed by atoms with E-state index in [2.05, 4.69) is 27.1 Å². The molecule has 1 aromatic carbocycles. The molecule has 1 aliphatic rings. The van der Waals surface area contributed by atoms with E-state index in [9.17, 15) is 13.6 Å². The molecular weight excluding hydrogens is 314 g/mol. The first-order chi connectivity index (χ1) is 11.5. The fourth-order valence-electron chi connectivity index (χ4n) is 2.78. The molecule has 1 unspecified atom stereocenters. The first kappa shape index (κ1) is 16.3. The summed E-state index contributed by atoms with van der Waals surface area (Å²) in [6, 6.07) is 3.39. The zero-order valence-electron chi connectivity index (χ0n) is 13.3. The molecule has 0 bridgehead atoms. The van der Waals surface area contributed by atoms with Crippen LogP contribution in [0.5, 0.6) is 0 Å². The number of hydrogen-bond acceptors (Lipinski definition) is 4. The second-order valence-corrected chi connectivity index (χ2v) is 6.02. The molecule has 2 aromatic rings. The lowest BCUT2D eigenvalue weighted by molar-refractivity contribution is 0.102. The van der Waals surface area contributed by atoms with Crippen LogP contribution in [0.3, 0.4) is 0 Å². The number of piperidine rings is 1. The largest absolute Gasteiger partial charge is 0.341 e. The highest BCUT2D eigenvalue weighted by molar-refractivity contribution is 6.04. The maximum Gasteiger partial charge on any atom is 0.258 e. The maximum atomic E-state index is 13.6. The highest BCUT2D eigenvalue weighted by Crippen LogP contribution is 2.21. The van der Waals surface area contributed by atoms with E-state index in [1.807, 2.05) is 0 Å². The van der Waals surface area contributed by atoms with Crippen molar-refractivity contribution in [2.75, 3.05) is 23.3 Å². The monoisotopic (exact) mass is 332 g/mol. The predicted molar refractivity (Wildman–Crippen MR) is 87.0 cm³/mol. The SMILES string of the molecule is CC1CCCN(c2ncc(C(=O)Nc3c(F)cccc3F)cn2)C1. The van der Waals surface area contributed by atoms with Gasteiger partial charge in [0, 0.05) is 25.5 Å². The minimum atomic E-state index is -0.830. The molecule has 7 heteroatoms. The number of para-hydroxylation sites is 1. The maximum absolute atomic E-state index is 13.6. The molecule has 0 saturated carbocycles. The van der Waals surface area contributed by atoms with Crippen LogP contribution in [0.2, 0.25) is 0 Å². The van der Waals surface area contributed by atoms with Gasteiger partial charge in [-0.25, -0.2) is 18.7 Å². The summed E-state index contributed by atoms with van der Waals surface area (Å²) in [6.45, 7) is 3.94. The number of halogens is 2. The highest BCUT2D eigenvalue weighted by atomic mass is 19.1. The fraction of sp³-hybridized carbons (Fsp3) is 0.353. The van der Waals surface area contributed by atoms with Gasteiger partial charge in [0.2, 0.25) is 5.95 Å². The minimum Gasteiger partial charge on any atom is -0.341 e. The van der Waals surface area contributed by atoms with E-state index in [-0.39, 0.29) is 5.56 Å². The van der Waals surface area contributed by atoms with Gasteiger partial charge in [0.25, 0.3) is 5.91 Å². The molecule has 0 spiro atoms. The summed E-state index contributed by atoms with van der Waals surface area (Å²) in [4.78, 5) is 22.6. The number of anilines is 2. The van der Waals surface area contributed by atoms with Crippen LogP contribution in [-0.2, 0) is 0 Å². The number of aromatic nitrogens is 2. The molecule has 1 amide bonds. The van der Waals surface area contributed by atoms with E-state index in [1.54, 1.807) is 0 Å². The first-order valence-corrected chi connectivity index (χ1v) is 7.87. The zero-order valence-corrected chi connectivity index (χ0v) is 13.3. The van der Waals surface area contributed by atoms with Crippen molar-refractivity contribution in [3.05, 3.63) is 47.8 Å². The average Bonchev–Trinajstić information content (AvgIpc) is 2.58. The van der Waals surface area contributed by atoms with Crippen LogP contribution < -0.4 is 10.2 Å². The molecule has 0 aliphatic carbocycles. The molecule has 1 N–H and O–H groups in total. The average molecular weight is 332 g/mol. The number of amides is 1. The molecule has 0 radical (unpaired) electrons. The minimum absolute atomic E-state index is 0.145. The van der Waals surface area contributed by atoms with Gasteiger partial charge in [-0.05, 0) is 30.9 Å². The summed E-state index contributed by atoms with van der Waals surface area (Å²) in [7, 11) is 0. The Bertz CT molecular complexity index is 716. The summed E-state index contributed by atoms with van der Waals surface area (Å²) in [5, 5.41) is 2.22. The lowest BCUT2D eigenvalue weighted by Crippen LogP contribution is -2.35. The van der Waals surface area contributed by atoms with Gasteiger partial charge in [-0.1, -0.05) is 13.0 Å². The Balaban J connectivity index is 1.72. The first-order valence-electron chi connectivity index (χ1n) is 7.87. The third kappa shape index (κ3) is 3.50. The molecule has 1 fully saturated rings. The van der Waals surface area contributed by atoms with Crippen molar-refractivity contribution in [3.8, 4) is 0 Å². The summed E-state index contributed by atoms with van der Waals surface area (Å²) < 4.78 is 27.2. The smallest absolute Gasteiger partial charge is 0.258 e. The van der Waals surface area contributed by atoms with E-state index in [0.717, 1.165) is 31.6 Å². The van der Waals surface area contributed by atoms with Crippen LogP contribution in [-0.4, -0.2) is 29.0 Å². The van der Waals surface area contributed by atoms with Gasteiger partial charge in [0.1, 0.15) is 17.3 Å². The molecule has 24 heavy (non-hydrogen) atoms. The van der Waals surface area contributed by atoms with Crippen LogP contribution in [0.1, 0.15) is 30.1 Å². The molecule has 5 nitrogen and oxygen atoms in total. The van der Waals surface area contributed by atoms with Gasteiger partial charge in [-0.15, -0.1) is 0 Å². The van der Waals surface area contributed by atoms with Crippen LogP contribution in [0.4, 0.5) is 20.4 Å². The zero-order chi connectivity index (χ0) is 17.1. The van der Waals surface area contributed by atoms with Crippen LogP contribution in [0.25, 0.3) is 0 Å². The van der Waals surface area contributed by atoms with Gasteiger partial charge in [-0.3, -0.25) is 4.79 Å². The second-order valence-electron chi connectivity index (χ2n) is 6.02. The number of hydrogen-bond donors (Lipinski definition) is 1. The Morgan fingerprint density at radius 3 is 2.54 bits per heavy atom. The summed E-state index contributed by atoms with van der Waals surface area (Å²) in [5.41, 5.74) is -0.331. The summed E-state index contributed by atoms with van der Waals surface area (Å²) in [6.07, 6.45) is 5.01. The molecule has 1 saturated heterocycles. The van der Waals surface area contributed by atoms with E-state index in [4.69, 9.17) is 0 Å². The van der Waals surface area contributed by atoms with Crippen molar-refractivity contribution in [2.45, 2.75) is 19.8 Å². The topological polar surface area (TPSA) is 58.1 Å². The summed E-state index contributed by atoms with van der Waals surface area (Å²) in [5.74, 6) is -1.17. The number of carbonyl (C=O) groups excluding carboxylic acids is 1. The van der Waals surface area contributed by atoms with Crippen LogP contribution in [0.15, 0.2) is 30.6 Å². The summed E-state index contributed by atoms with van der Waals surface area (Å²) >= 11 is 0. The van der Waals surface area contributed by atoms with Crippen molar-refractivity contribution >= 4 is 17.5 Å². The van der Waals surface area contributed by atoms with Gasteiger partial charge < -0.3 is 10.2 Å². The Kier molecular flexibility index (Phi) is 4.69. The van der Waals surface area contributed by atoms with Crippen molar-refractivity contribution in [1.29, 1.82) is 0 Å². The molecule has 126 valence electrons. The molecule has 1 aromatic heterocycles. The lowest BCUT2D eigenvalue weighted by atomic mass is 10.0. The van der Waals surface area contributed by atoms with E-state index in [1.165, 1.54) is 24.9 Å². The van der Waals surface area contributed by atoms with E-state index < -0.39 is 23.2 Å². The van der Waals surface area contributed by atoms with Gasteiger partial charge in [0.15, 0.2) is 0 Å². The van der Waals surface area contributed by atoms with Crippen LogP contribution in [0, 0.1) is 17.6 Å². The lowest BCUT2D eigenvalue weighted by Gasteiger charge is -2.30. The number of nitrogens with zero attached hydrogens (tertiary/aromatic N) is 3. The Labute approximate surface area is 138 Å². The molecule has 3 rings (SSSR count). The van der Waals surface area contributed by atoms with E-state index >= 15 is 0 Å². The van der Waals surface area contributed by atoms with Gasteiger partial charge >= 0.3 is 0 Å². The van der Waals surface area contributed by atoms with Crippen molar-refractivity contribution < 1.29 is 13.6 Å². The number of nitrogens with one attached hydrogen (secondary N) is 1. The van der Waals surface area contributed by atoms with E-state index in [0.29, 0.717) is 11.9 Å². The predicted octanol–water partition coefficient (Wildman–Crippen LogP) is 3.24. The highest BCUT2D eigenvalue weighted by Gasteiger charge is 2.19. The number of benzene rings is 1. The fourth-order valence-corrected chi connectivity index (χ4v) is 2.78. The Morgan fingerprint density at radius 2 is 1.92 bits per heavy atom. The Hall–Kier alpha value is -2.57. The number of rotatable bonds is 3. The standard InChI is InChI=1S/C17H18F2N4O/c1-11-4-3-7-23(10-11)17-20-8-12(9-21-17)16(24)22-15-13(18)5-2-6-14(15)19/h2,5-6,8-9,11H,3-4,7,10H2,1H3,(H,22,24). The van der Waals surface area contributed by atoms with Crippen LogP contribution >= 0.6 is 0 Å². The van der Waals surface area contributed by atoms with Gasteiger partial charge in [0.05, 0.1) is 5.56 Å².